The summed E-state index contributed by atoms with van der Waals surface area (Å²) in [7, 11) is 0. The first-order valence-corrected chi connectivity index (χ1v) is 12.6. The highest BCUT2D eigenvalue weighted by Crippen LogP contribution is 2.38. The number of fused-ring (bicyclic) bond motifs is 6. The molecular formula is C33H21N3O2. The van der Waals surface area contributed by atoms with Gasteiger partial charge in [0.25, 0.3) is 0 Å². The standard InChI is InChI=1S/C33H21N3O2/c1-2-10-23(11-3-1)37-24-20-18-22(19-21-24)31-32(36-29-16-8-9-17-30(29)38-33(36)34-31)35-27-14-6-4-12-25(27)26-13-5-7-15-28(26)35/h1-21H. The van der Waals surface area contributed by atoms with E-state index in [9.17, 15) is 0 Å². The van der Waals surface area contributed by atoms with Gasteiger partial charge in [-0.15, -0.1) is 0 Å². The third-order valence-corrected chi connectivity index (χ3v) is 7.03. The van der Waals surface area contributed by atoms with Crippen LogP contribution in [0.2, 0.25) is 0 Å². The second kappa shape index (κ2) is 8.11. The largest absolute Gasteiger partial charge is 0.457 e. The van der Waals surface area contributed by atoms with Crippen LogP contribution in [-0.4, -0.2) is 14.0 Å². The first-order valence-electron chi connectivity index (χ1n) is 12.6. The lowest BCUT2D eigenvalue weighted by Gasteiger charge is -2.11. The molecule has 0 aliphatic rings. The van der Waals surface area contributed by atoms with Crippen molar-refractivity contribution in [2.75, 3.05) is 0 Å². The number of ether oxygens (including phenoxy) is 1. The van der Waals surface area contributed by atoms with E-state index in [1.54, 1.807) is 0 Å². The van der Waals surface area contributed by atoms with Gasteiger partial charge in [0.15, 0.2) is 11.4 Å². The Bertz CT molecular complexity index is 2040. The summed E-state index contributed by atoms with van der Waals surface area (Å²) in [6.45, 7) is 0. The van der Waals surface area contributed by atoms with Crippen molar-refractivity contribution in [3.63, 3.8) is 0 Å². The van der Waals surface area contributed by atoms with Crippen LogP contribution in [0, 0.1) is 0 Å². The summed E-state index contributed by atoms with van der Waals surface area (Å²) in [4.78, 5) is 5.04. The van der Waals surface area contributed by atoms with E-state index in [2.05, 4.69) is 75.7 Å². The van der Waals surface area contributed by atoms with Gasteiger partial charge in [0.1, 0.15) is 17.2 Å². The molecule has 0 unspecified atom stereocenters. The highest BCUT2D eigenvalue weighted by atomic mass is 16.5. The quantitative estimate of drug-likeness (QED) is 0.247. The number of nitrogens with zero attached hydrogens (tertiary/aromatic N) is 3. The molecule has 8 rings (SSSR count). The van der Waals surface area contributed by atoms with Crippen molar-refractivity contribution in [2.24, 2.45) is 0 Å². The van der Waals surface area contributed by atoms with E-state index in [1.165, 1.54) is 10.8 Å². The van der Waals surface area contributed by atoms with Crippen LogP contribution in [0.25, 0.3) is 55.8 Å². The Morgan fingerprint density at radius 3 is 1.84 bits per heavy atom. The first kappa shape index (κ1) is 20.9. The second-order valence-corrected chi connectivity index (χ2v) is 9.28. The van der Waals surface area contributed by atoms with Crippen molar-refractivity contribution in [2.45, 2.75) is 0 Å². The third-order valence-electron chi connectivity index (χ3n) is 7.03. The molecule has 38 heavy (non-hydrogen) atoms. The minimum atomic E-state index is 0.558. The SMILES string of the molecule is c1ccc(Oc2ccc(-c3nc4oc5ccccc5n4c3-n3c4ccccc4c4ccccc43)cc2)cc1. The van der Waals surface area contributed by atoms with E-state index in [-0.39, 0.29) is 0 Å². The Morgan fingerprint density at radius 1 is 0.553 bits per heavy atom. The van der Waals surface area contributed by atoms with Crippen LogP contribution < -0.4 is 4.74 Å². The van der Waals surface area contributed by atoms with Gasteiger partial charge in [-0.05, 0) is 60.7 Å². The predicted octanol–water partition coefficient (Wildman–Crippen LogP) is 8.64. The summed E-state index contributed by atoms with van der Waals surface area (Å²) in [5.74, 6) is 3.07. The van der Waals surface area contributed by atoms with Gasteiger partial charge in [0.2, 0.25) is 0 Å². The number of aromatic nitrogens is 3. The van der Waals surface area contributed by atoms with Crippen LogP contribution in [-0.2, 0) is 0 Å². The minimum absolute atomic E-state index is 0.558. The predicted molar refractivity (Wildman–Crippen MR) is 151 cm³/mol. The molecule has 0 radical (unpaired) electrons. The highest BCUT2D eigenvalue weighted by molar-refractivity contribution is 6.09. The van der Waals surface area contributed by atoms with Gasteiger partial charge in [-0.3, -0.25) is 4.57 Å². The molecule has 3 aromatic heterocycles. The van der Waals surface area contributed by atoms with Crippen molar-refractivity contribution in [1.82, 2.24) is 14.0 Å². The Hall–Kier alpha value is -5.29. The van der Waals surface area contributed by atoms with Gasteiger partial charge in [-0.2, -0.15) is 4.98 Å². The number of para-hydroxylation sites is 5. The van der Waals surface area contributed by atoms with Crippen LogP contribution >= 0.6 is 0 Å². The number of oxazole rings is 1. The molecule has 8 aromatic rings. The molecule has 3 heterocycles. The molecule has 0 saturated heterocycles. The molecular weight excluding hydrogens is 470 g/mol. The number of hydrogen-bond acceptors (Lipinski definition) is 3. The van der Waals surface area contributed by atoms with Gasteiger partial charge in [0.05, 0.1) is 16.6 Å². The lowest BCUT2D eigenvalue weighted by atomic mass is 10.1. The summed E-state index contributed by atoms with van der Waals surface area (Å²) >= 11 is 0. The van der Waals surface area contributed by atoms with Gasteiger partial charge in [0, 0.05) is 16.3 Å². The zero-order valence-corrected chi connectivity index (χ0v) is 20.3. The molecule has 0 fully saturated rings. The van der Waals surface area contributed by atoms with Crippen molar-refractivity contribution in [1.29, 1.82) is 0 Å². The molecule has 0 atom stereocenters. The molecule has 0 saturated carbocycles. The van der Waals surface area contributed by atoms with Crippen molar-refractivity contribution in [3.8, 4) is 28.6 Å². The number of hydrogen-bond donors (Lipinski definition) is 0. The van der Waals surface area contributed by atoms with E-state index in [0.29, 0.717) is 5.84 Å². The third kappa shape index (κ3) is 3.09. The summed E-state index contributed by atoms with van der Waals surface area (Å²) in [6.07, 6.45) is 0. The molecule has 0 amide bonds. The lowest BCUT2D eigenvalue weighted by molar-refractivity contribution is 0.483. The summed E-state index contributed by atoms with van der Waals surface area (Å²) < 4.78 is 16.7. The van der Waals surface area contributed by atoms with Crippen molar-refractivity contribution < 1.29 is 9.15 Å². The van der Waals surface area contributed by atoms with Crippen molar-refractivity contribution in [3.05, 3.63) is 127 Å². The maximum absolute atomic E-state index is 6.23. The Kier molecular flexibility index (Phi) is 4.45. The summed E-state index contributed by atoms with van der Waals surface area (Å²) in [6, 6.07) is 43.0. The molecule has 0 N–H and O–H groups in total. The molecule has 0 aliphatic heterocycles. The Labute approximate surface area is 217 Å². The monoisotopic (exact) mass is 491 g/mol. The molecule has 5 nitrogen and oxygen atoms in total. The zero-order chi connectivity index (χ0) is 25.1. The van der Waals surface area contributed by atoms with E-state index in [0.717, 1.165) is 50.7 Å². The fourth-order valence-electron chi connectivity index (χ4n) is 5.36. The maximum atomic E-state index is 6.23. The minimum Gasteiger partial charge on any atom is -0.457 e. The Morgan fingerprint density at radius 2 is 1.13 bits per heavy atom. The van der Waals surface area contributed by atoms with Gasteiger partial charge >= 0.3 is 5.84 Å². The average molecular weight is 492 g/mol. The van der Waals surface area contributed by atoms with E-state index >= 15 is 0 Å². The molecule has 5 aromatic carbocycles. The number of rotatable bonds is 4. The normalized spacial score (nSPS) is 11.7. The second-order valence-electron chi connectivity index (χ2n) is 9.28. The zero-order valence-electron chi connectivity index (χ0n) is 20.3. The molecule has 0 spiro atoms. The van der Waals surface area contributed by atoms with Crippen LogP contribution in [0.15, 0.2) is 132 Å². The topological polar surface area (TPSA) is 44.6 Å². The molecule has 5 heteroatoms. The number of imidazole rings is 1. The summed E-state index contributed by atoms with van der Waals surface area (Å²) in [5, 5.41) is 2.40. The summed E-state index contributed by atoms with van der Waals surface area (Å²) in [5.41, 5.74) is 5.83. The van der Waals surface area contributed by atoms with Gasteiger partial charge in [-0.1, -0.05) is 66.7 Å². The van der Waals surface area contributed by atoms with Crippen LogP contribution in [0.4, 0.5) is 0 Å². The van der Waals surface area contributed by atoms with E-state index in [4.69, 9.17) is 14.1 Å². The van der Waals surface area contributed by atoms with Crippen LogP contribution in [0.3, 0.4) is 0 Å². The van der Waals surface area contributed by atoms with Crippen LogP contribution in [0.5, 0.6) is 11.5 Å². The van der Waals surface area contributed by atoms with Gasteiger partial charge < -0.3 is 9.15 Å². The van der Waals surface area contributed by atoms with Crippen molar-refractivity contribution >= 4 is 38.7 Å². The fraction of sp³-hybridized carbons (Fsp3) is 0. The van der Waals surface area contributed by atoms with E-state index < -0.39 is 0 Å². The first-order chi connectivity index (χ1) is 18.8. The average Bonchev–Trinajstić information content (AvgIpc) is 3.62. The highest BCUT2D eigenvalue weighted by Gasteiger charge is 2.24. The van der Waals surface area contributed by atoms with Gasteiger partial charge in [-0.25, -0.2) is 4.40 Å². The number of benzene rings is 5. The maximum Gasteiger partial charge on any atom is 0.309 e. The Balaban J connectivity index is 1.40. The van der Waals surface area contributed by atoms with E-state index in [1.807, 2.05) is 60.7 Å². The lowest BCUT2D eigenvalue weighted by Crippen LogP contribution is -2.00. The molecule has 0 aliphatic carbocycles. The fourth-order valence-corrected chi connectivity index (χ4v) is 5.36. The molecule has 0 bridgehead atoms. The smallest absolute Gasteiger partial charge is 0.309 e. The molecule has 180 valence electrons. The van der Waals surface area contributed by atoms with Crippen LogP contribution in [0.1, 0.15) is 0 Å².